The molecule has 0 aromatic heterocycles. The maximum atomic E-state index is 12.0. The van der Waals surface area contributed by atoms with Gasteiger partial charge < -0.3 is 15.7 Å². The number of likely N-dealkylation sites (tertiary alicyclic amines) is 1. The third kappa shape index (κ3) is 4.88. The van der Waals surface area contributed by atoms with Crippen LogP contribution >= 0.6 is 12.2 Å². The van der Waals surface area contributed by atoms with Crippen molar-refractivity contribution in [3.8, 4) is 0 Å². The van der Waals surface area contributed by atoms with E-state index >= 15 is 0 Å². The summed E-state index contributed by atoms with van der Waals surface area (Å²) in [6.45, 7) is 2.14. The predicted octanol–water partition coefficient (Wildman–Crippen LogP) is -0.0322. The van der Waals surface area contributed by atoms with Crippen molar-refractivity contribution in [2.45, 2.75) is 31.7 Å². The van der Waals surface area contributed by atoms with Gasteiger partial charge in [0.1, 0.15) is 0 Å². The average molecular weight is 273 g/mol. The number of aliphatic hydroxyl groups excluding tert-OH is 1. The van der Waals surface area contributed by atoms with Crippen molar-refractivity contribution >= 4 is 23.1 Å². The number of thiocarbonyl (C=S) groups is 1. The summed E-state index contributed by atoms with van der Waals surface area (Å²) in [7, 11) is 1.78. The van der Waals surface area contributed by atoms with E-state index in [1.54, 1.807) is 11.9 Å². The molecule has 0 aliphatic carbocycles. The summed E-state index contributed by atoms with van der Waals surface area (Å²) in [4.78, 5) is 16.3. The summed E-state index contributed by atoms with van der Waals surface area (Å²) in [5.41, 5.74) is 5.42. The number of carbonyl (C=O) groups excluding carboxylic acids is 1. The van der Waals surface area contributed by atoms with E-state index in [4.69, 9.17) is 23.1 Å². The predicted molar refractivity (Wildman–Crippen MR) is 75.3 cm³/mol. The fraction of sp³-hybridized carbons (Fsp3) is 0.833. The smallest absolute Gasteiger partial charge is 0.236 e. The van der Waals surface area contributed by atoms with E-state index in [1.807, 2.05) is 0 Å². The molecule has 1 fully saturated rings. The second-order valence-electron chi connectivity index (χ2n) is 4.81. The number of nitrogens with zero attached hydrogens (tertiary/aromatic N) is 2. The van der Waals surface area contributed by atoms with E-state index < -0.39 is 0 Å². The van der Waals surface area contributed by atoms with Crippen LogP contribution in [0, 0.1) is 0 Å². The van der Waals surface area contributed by atoms with Crippen LogP contribution in [0.15, 0.2) is 0 Å². The Morgan fingerprint density at radius 2 is 2.33 bits per heavy atom. The van der Waals surface area contributed by atoms with Gasteiger partial charge in [-0.1, -0.05) is 12.2 Å². The van der Waals surface area contributed by atoms with Crippen molar-refractivity contribution in [3.63, 3.8) is 0 Å². The fourth-order valence-electron chi connectivity index (χ4n) is 2.28. The van der Waals surface area contributed by atoms with Crippen LogP contribution in [0.5, 0.6) is 0 Å². The summed E-state index contributed by atoms with van der Waals surface area (Å²) < 4.78 is 0. The number of aliphatic hydroxyl groups is 1. The zero-order chi connectivity index (χ0) is 13.5. The Kier molecular flexibility index (Phi) is 6.52. The highest BCUT2D eigenvalue weighted by molar-refractivity contribution is 7.80. The molecule has 3 N–H and O–H groups in total. The van der Waals surface area contributed by atoms with Gasteiger partial charge in [0.15, 0.2) is 0 Å². The number of amides is 1. The molecule has 0 bridgehead atoms. The number of nitrogens with two attached hydrogens (primary N) is 1. The molecule has 0 saturated carbocycles. The second-order valence-corrected chi connectivity index (χ2v) is 5.33. The summed E-state index contributed by atoms with van der Waals surface area (Å²) in [6.07, 6.45) is 3.50. The number of hydrogen-bond acceptors (Lipinski definition) is 4. The van der Waals surface area contributed by atoms with Crippen LogP contribution in [0.1, 0.15) is 25.7 Å². The van der Waals surface area contributed by atoms with Crippen molar-refractivity contribution in [2.75, 3.05) is 33.3 Å². The summed E-state index contributed by atoms with van der Waals surface area (Å²) in [5.74, 6) is 0.0936. The lowest BCUT2D eigenvalue weighted by molar-refractivity contribution is -0.131. The van der Waals surface area contributed by atoms with Gasteiger partial charge >= 0.3 is 0 Å². The van der Waals surface area contributed by atoms with Gasteiger partial charge in [-0.3, -0.25) is 9.69 Å². The first-order chi connectivity index (χ1) is 8.54. The maximum Gasteiger partial charge on any atom is 0.236 e. The topological polar surface area (TPSA) is 69.8 Å². The first kappa shape index (κ1) is 15.3. The Balaban J connectivity index is 2.36. The van der Waals surface area contributed by atoms with Gasteiger partial charge in [0, 0.05) is 32.7 Å². The van der Waals surface area contributed by atoms with Gasteiger partial charge in [-0.15, -0.1) is 0 Å². The average Bonchev–Trinajstić information content (AvgIpc) is 2.74. The molecule has 0 spiro atoms. The van der Waals surface area contributed by atoms with Crippen LogP contribution in [0.3, 0.4) is 0 Å². The third-order valence-corrected chi connectivity index (χ3v) is 3.62. The minimum Gasteiger partial charge on any atom is -0.396 e. The monoisotopic (exact) mass is 273 g/mol. The lowest BCUT2D eigenvalue weighted by Gasteiger charge is -2.26. The molecule has 0 radical (unpaired) electrons. The molecule has 18 heavy (non-hydrogen) atoms. The van der Waals surface area contributed by atoms with E-state index in [1.165, 1.54) is 0 Å². The van der Waals surface area contributed by atoms with Crippen LogP contribution in [-0.4, -0.2) is 65.1 Å². The number of likely N-dealkylation sites (N-methyl/N-ethyl adjacent to an activating group) is 1. The quantitative estimate of drug-likeness (QED) is 0.637. The van der Waals surface area contributed by atoms with E-state index in [0.717, 1.165) is 25.8 Å². The number of carbonyl (C=O) groups is 1. The molecule has 104 valence electrons. The van der Waals surface area contributed by atoms with E-state index in [9.17, 15) is 4.79 Å². The molecule has 1 rings (SSSR count). The van der Waals surface area contributed by atoms with E-state index in [0.29, 0.717) is 30.5 Å². The minimum absolute atomic E-state index is 0.0936. The third-order valence-electron chi connectivity index (χ3n) is 3.42. The van der Waals surface area contributed by atoms with Crippen LogP contribution in [-0.2, 0) is 4.79 Å². The molecule has 0 aromatic rings. The number of hydrogen-bond donors (Lipinski definition) is 2. The van der Waals surface area contributed by atoms with Crippen molar-refractivity contribution in [2.24, 2.45) is 5.73 Å². The fourth-order valence-corrected chi connectivity index (χ4v) is 2.37. The van der Waals surface area contributed by atoms with Crippen LogP contribution in [0.2, 0.25) is 0 Å². The zero-order valence-corrected chi connectivity index (χ0v) is 11.8. The highest BCUT2D eigenvalue weighted by atomic mass is 32.1. The van der Waals surface area contributed by atoms with Crippen LogP contribution in [0.4, 0.5) is 0 Å². The lowest BCUT2D eigenvalue weighted by Crippen LogP contribution is -2.41. The first-order valence-corrected chi connectivity index (χ1v) is 6.82. The van der Waals surface area contributed by atoms with Gasteiger partial charge in [-0.25, -0.2) is 0 Å². The molecule has 1 atom stereocenters. The number of rotatable bonds is 7. The maximum absolute atomic E-state index is 12.0. The molecular formula is C12H23N3O2S. The molecule has 1 heterocycles. The highest BCUT2D eigenvalue weighted by Crippen LogP contribution is 2.19. The highest BCUT2D eigenvalue weighted by Gasteiger charge is 2.26. The molecule has 1 unspecified atom stereocenters. The van der Waals surface area contributed by atoms with Gasteiger partial charge in [0.2, 0.25) is 5.91 Å². The van der Waals surface area contributed by atoms with Crippen molar-refractivity contribution in [3.05, 3.63) is 0 Å². The zero-order valence-electron chi connectivity index (χ0n) is 11.0. The normalized spacial score (nSPS) is 20.0. The molecular weight excluding hydrogens is 250 g/mol. The Hall–Kier alpha value is -0.720. The van der Waals surface area contributed by atoms with Gasteiger partial charge in [-0.05, 0) is 25.8 Å². The van der Waals surface area contributed by atoms with Crippen LogP contribution < -0.4 is 5.73 Å². The first-order valence-electron chi connectivity index (χ1n) is 6.41. The molecule has 1 saturated heterocycles. The van der Waals surface area contributed by atoms with Gasteiger partial charge in [-0.2, -0.15) is 0 Å². The molecule has 1 amide bonds. The minimum atomic E-state index is 0.0936. The molecule has 0 aromatic carbocycles. The van der Waals surface area contributed by atoms with Crippen molar-refractivity contribution in [1.82, 2.24) is 9.80 Å². The van der Waals surface area contributed by atoms with Gasteiger partial charge in [0.05, 0.1) is 11.5 Å². The Labute approximate surface area is 114 Å². The molecule has 5 nitrogen and oxygen atoms in total. The lowest BCUT2D eigenvalue weighted by atomic mass is 10.1. The van der Waals surface area contributed by atoms with E-state index in [2.05, 4.69) is 4.90 Å². The molecule has 6 heteroatoms. The van der Waals surface area contributed by atoms with Crippen molar-refractivity contribution < 1.29 is 9.90 Å². The van der Waals surface area contributed by atoms with Crippen molar-refractivity contribution in [1.29, 1.82) is 0 Å². The summed E-state index contributed by atoms with van der Waals surface area (Å²) in [6, 6.07) is 0.350. The molecule has 1 aliphatic heterocycles. The largest absolute Gasteiger partial charge is 0.396 e. The standard InChI is InChI=1S/C12H23N3O2S/c1-14(7-4-11(13)18)12(17)9-15-6-2-3-10(15)5-8-16/h10,16H,2-9H2,1H3,(H2,13,18). The van der Waals surface area contributed by atoms with Gasteiger partial charge in [0.25, 0.3) is 0 Å². The van der Waals surface area contributed by atoms with E-state index in [-0.39, 0.29) is 12.5 Å². The Morgan fingerprint density at radius 3 is 2.94 bits per heavy atom. The Morgan fingerprint density at radius 1 is 1.61 bits per heavy atom. The van der Waals surface area contributed by atoms with Crippen LogP contribution in [0.25, 0.3) is 0 Å². The molecule has 1 aliphatic rings. The second kappa shape index (κ2) is 7.66. The Bertz CT molecular complexity index is 299. The summed E-state index contributed by atoms with van der Waals surface area (Å²) in [5, 5.41) is 8.98. The summed E-state index contributed by atoms with van der Waals surface area (Å²) >= 11 is 4.80. The SMILES string of the molecule is CN(CCC(N)=S)C(=O)CN1CCCC1CCO.